The highest BCUT2D eigenvalue weighted by atomic mass is 16.5. The summed E-state index contributed by atoms with van der Waals surface area (Å²) in [6.07, 6.45) is 0. The van der Waals surface area contributed by atoms with Crippen LogP contribution in [0.2, 0.25) is 0 Å². The summed E-state index contributed by atoms with van der Waals surface area (Å²) in [5.41, 5.74) is 2.56. The van der Waals surface area contributed by atoms with Crippen molar-refractivity contribution in [2.24, 2.45) is 0 Å². The van der Waals surface area contributed by atoms with Crippen molar-refractivity contribution in [3.8, 4) is 5.75 Å². The van der Waals surface area contributed by atoms with Gasteiger partial charge in [0.05, 0.1) is 0 Å². The van der Waals surface area contributed by atoms with Crippen molar-refractivity contribution in [1.82, 2.24) is 9.80 Å². The molecule has 0 saturated carbocycles. The molecule has 1 fully saturated rings. The van der Waals surface area contributed by atoms with E-state index in [0.29, 0.717) is 11.8 Å². The van der Waals surface area contributed by atoms with Gasteiger partial charge in [-0.2, -0.15) is 0 Å². The quantitative estimate of drug-likeness (QED) is 0.876. The highest BCUT2D eigenvalue weighted by molar-refractivity contribution is 5.68. The molecule has 2 aromatic carbocycles. The van der Waals surface area contributed by atoms with Gasteiger partial charge in [0.25, 0.3) is 0 Å². The monoisotopic (exact) mass is 340 g/mol. The van der Waals surface area contributed by atoms with Gasteiger partial charge in [0, 0.05) is 32.2 Å². The second-order valence-electron chi connectivity index (χ2n) is 6.47. The minimum absolute atomic E-state index is 0.309. The largest absolute Gasteiger partial charge is 0.482 e. The van der Waals surface area contributed by atoms with Crippen molar-refractivity contribution in [2.75, 3.05) is 33.3 Å². The normalized spacial score (nSPS) is 18.8. The maximum Gasteiger partial charge on any atom is 0.341 e. The maximum atomic E-state index is 10.5. The van der Waals surface area contributed by atoms with Crippen LogP contribution in [-0.4, -0.2) is 54.2 Å². The molecule has 0 aromatic heterocycles. The van der Waals surface area contributed by atoms with Gasteiger partial charge in [-0.15, -0.1) is 0 Å². The van der Waals surface area contributed by atoms with Crippen molar-refractivity contribution < 1.29 is 14.6 Å². The Morgan fingerprint density at radius 2 is 1.84 bits per heavy atom. The zero-order chi connectivity index (χ0) is 17.6. The summed E-state index contributed by atoms with van der Waals surface area (Å²) >= 11 is 0. The Labute approximate surface area is 148 Å². The van der Waals surface area contributed by atoms with Gasteiger partial charge in [0.2, 0.25) is 0 Å². The highest BCUT2D eigenvalue weighted by Crippen LogP contribution is 2.25. The Morgan fingerprint density at radius 3 is 2.52 bits per heavy atom. The van der Waals surface area contributed by atoms with Crippen molar-refractivity contribution in [3.63, 3.8) is 0 Å². The van der Waals surface area contributed by atoms with Crippen LogP contribution < -0.4 is 4.74 Å². The van der Waals surface area contributed by atoms with E-state index in [2.05, 4.69) is 47.2 Å². The molecule has 0 bridgehead atoms. The van der Waals surface area contributed by atoms with Gasteiger partial charge in [-0.3, -0.25) is 9.80 Å². The average molecular weight is 340 g/mol. The summed E-state index contributed by atoms with van der Waals surface area (Å²) < 4.78 is 5.18. The Balaban J connectivity index is 1.60. The zero-order valence-corrected chi connectivity index (χ0v) is 14.5. The van der Waals surface area contributed by atoms with E-state index in [4.69, 9.17) is 9.84 Å². The van der Waals surface area contributed by atoms with Gasteiger partial charge >= 0.3 is 5.97 Å². The molecular weight excluding hydrogens is 316 g/mol. The molecule has 5 nitrogen and oxygen atoms in total. The summed E-state index contributed by atoms with van der Waals surface area (Å²) in [4.78, 5) is 15.4. The number of nitrogens with zero attached hydrogens (tertiary/aromatic N) is 2. The Kier molecular flexibility index (Phi) is 5.68. The number of hydrogen-bond donors (Lipinski definition) is 1. The second-order valence-corrected chi connectivity index (χ2v) is 6.47. The SMILES string of the molecule is CN1CCN(Cc2ccc(OCC(=O)O)cc2)CC1c1ccccc1. The first-order valence-electron chi connectivity index (χ1n) is 8.53. The number of rotatable bonds is 6. The first-order valence-corrected chi connectivity index (χ1v) is 8.53. The highest BCUT2D eigenvalue weighted by Gasteiger charge is 2.25. The van der Waals surface area contributed by atoms with E-state index in [-0.39, 0.29) is 6.61 Å². The van der Waals surface area contributed by atoms with Gasteiger partial charge in [0.1, 0.15) is 5.75 Å². The summed E-state index contributed by atoms with van der Waals surface area (Å²) in [7, 11) is 2.18. The van der Waals surface area contributed by atoms with Crippen LogP contribution in [0, 0.1) is 0 Å². The van der Waals surface area contributed by atoms with E-state index in [0.717, 1.165) is 26.2 Å². The van der Waals surface area contributed by atoms with Crippen LogP contribution in [0.15, 0.2) is 54.6 Å². The third-order valence-corrected chi connectivity index (χ3v) is 4.61. The zero-order valence-electron chi connectivity index (χ0n) is 14.5. The van der Waals surface area contributed by atoms with Gasteiger partial charge in [-0.25, -0.2) is 4.79 Å². The number of aliphatic carboxylic acids is 1. The lowest BCUT2D eigenvalue weighted by molar-refractivity contribution is -0.139. The standard InChI is InChI=1S/C20H24N2O3/c1-21-11-12-22(14-19(21)17-5-3-2-4-6-17)13-16-7-9-18(10-8-16)25-15-20(23)24/h2-10,19H,11-15H2,1H3,(H,23,24). The van der Waals surface area contributed by atoms with E-state index in [1.165, 1.54) is 11.1 Å². The molecule has 25 heavy (non-hydrogen) atoms. The van der Waals surface area contributed by atoms with Crippen LogP contribution >= 0.6 is 0 Å². The predicted octanol–water partition coefficient (Wildman–Crippen LogP) is 2.64. The minimum Gasteiger partial charge on any atom is -0.482 e. The molecule has 1 aliphatic rings. The van der Waals surface area contributed by atoms with Crippen LogP contribution in [0.5, 0.6) is 5.75 Å². The van der Waals surface area contributed by atoms with Crippen LogP contribution in [-0.2, 0) is 11.3 Å². The summed E-state index contributed by atoms with van der Waals surface area (Å²) in [6, 6.07) is 18.7. The molecule has 0 spiro atoms. The lowest BCUT2D eigenvalue weighted by atomic mass is 10.0. The average Bonchev–Trinajstić information content (AvgIpc) is 2.63. The van der Waals surface area contributed by atoms with E-state index >= 15 is 0 Å². The van der Waals surface area contributed by atoms with E-state index < -0.39 is 5.97 Å². The molecule has 1 aliphatic heterocycles. The second kappa shape index (κ2) is 8.14. The number of ether oxygens (including phenoxy) is 1. The van der Waals surface area contributed by atoms with E-state index in [9.17, 15) is 4.79 Å². The van der Waals surface area contributed by atoms with Crippen LogP contribution in [0.1, 0.15) is 17.2 Å². The topological polar surface area (TPSA) is 53.0 Å². The van der Waals surface area contributed by atoms with Gasteiger partial charge in [0.15, 0.2) is 6.61 Å². The fourth-order valence-electron chi connectivity index (χ4n) is 3.20. The summed E-state index contributed by atoms with van der Waals surface area (Å²) in [5.74, 6) is -0.375. The van der Waals surface area contributed by atoms with Gasteiger partial charge in [-0.05, 0) is 30.3 Å². The van der Waals surface area contributed by atoms with E-state index in [1.54, 1.807) is 0 Å². The first kappa shape index (κ1) is 17.5. The van der Waals surface area contributed by atoms with Gasteiger partial charge in [-0.1, -0.05) is 42.5 Å². The molecule has 3 rings (SSSR count). The molecule has 1 saturated heterocycles. The number of piperazine rings is 1. The fourth-order valence-corrected chi connectivity index (χ4v) is 3.20. The molecule has 1 atom stereocenters. The number of carboxylic acid groups (broad SMARTS) is 1. The molecule has 132 valence electrons. The molecular formula is C20H24N2O3. The summed E-state index contributed by atoms with van der Waals surface area (Å²) in [6.45, 7) is 3.65. The summed E-state index contributed by atoms with van der Waals surface area (Å²) in [5, 5.41) is 8.65. The smallest absolute Gasteiger partial charge is 0.341 e. The van der Waals surface area contributed by atoms with Crippen molar-refractivity contribution in [3.05, 3.63) is 65.7 Å². The third kappa shape index (κ3) is 4.81. The lowest BCUT2D eigenvalue weighted by Crippen LogP contribution is -2.46. The molecule has 0 aliphatic carbocycles. The maximum absolute atomic E-state index is 10.5. The Bertz CT molecular complexity index is 688. The fraction of sp³-hybridized carbons (Fsp3) is 0.350. The Hall–Kier alpha value is -2.37. The molecule has 0 amide bonds. The number of likely N-dealkylation sites (N-methyl/N-ethyl adjacent to an activating group) is 1. The molecule has 1 N–H and O–H groups in total. The molecule has 2 aromatic rings. The van der Waals surface area contributed by atoms with Crippen molar-refractivity contribution in [1.29, 1.82) is 0 Å². The molecule has 5 heteroatoms. The number of carboxylic acids is 1. The molecule has 1 unspecified atom stereocenters. The molecule has 0 radical (unpaired) electrons. The number of carbonyl (C=O) groups is 1. The van der Waals surface area contributed by atoms with Crippen molar-refractivity contribution in [2.45, 2.75) is 12.6 Å². The first-order chi connectivity index (χ1) is 12.1. The Morgan fingerprint density at radius 1 is 1.12 bits per heavy atom. The number of hydrogen-bond acceptors (Lipinski definition) is 4. The minimum atomic E-state index is -0.964. The predicted molar refractivity (Wildman–Crippen MR) is 96.7 cm³/mol. The van der Waals surface area contributed by atoms with E-state index in [1.807, 2.05) is 24.3 Å². The molecule has 1 heterocycles. The van der Waals surface area contributed by atoms with Gasteiger partial charge < -0.3 is 9.84 Å². The third-order valence-electron chi connectivity index (χ3n) is 4.61. The number of benzene rings is 2. The van der Waals surface area contributed by atoms with Crippen LogP contribution in [0.4, 0.5) is 0 Å². The van der Waals surface area contributed by atoms with Crippen molar-refractivity contribution >= 4 is 5.97 Å². The van der Waals surface area contributed by atoms with Crippen LogP contribution in [0.25, 0.3) is 0 Å². The van der Waals surface area contributed by atoms with Crippen LogP contribution in [0.3, 0.4) is 0 Å². The lowest BCUT2D eigenvalue weighted by Gasteiger charge is -2.39.